The van der Waals surface area contributed by atoms with E-state index >= 15 is 0 Å². The summed E-state index contributed by atoms with van der Waals surface area (Å²) in [7, 11) is 0. The van der Waals surface area contributed by atoms with Gasteiger partial charge in [-0.15, -0.1) is 0 Å². The molecule has 4 rings (SSSR count). The van der Waals surface area contributed by atoms with Gasteiger partial charge in [-0.1, -0.05) is 28.9 Å². The molecule has 0 saturated carbocycles. The van der Waals surface area contributed by atoms with Crippen LogP contribution in [0.25, 0.3) is 28.3 Å². The van der Waals surface area contributed by atoms with E-state index in [1.807, 2.05) is 0 Å². The van der Waals surface area contributed by atoms with Gasteiger partial charge in [0.1, 0.15) is 5.69 Å². The lowest BCUT2D eigenvalue weighted by atomic mass is 10.1. The minimum atomic E-state index is -4.76. The molecule has 0 radical (unpaired) electrons. The lowest BCUT2D eigenvalue weighted by Gasteiger charge is -2.12. The summed E-state index contributed by atoms with van der Waals surface area (Å²) in [6.45, 7) is 0. The van der Waals surface area contributed by atoms with E-state index in [1.54, 1.807) is 12.1 Å². The Morgan fingerprint density at radius 1 is 1.04 bits per heavy atom. The summed E-state index contributed by atoms with van der Waals surface area (Å²) in [4.78, 5) is 3.62. The van der Waals surface area contributed by atoms with E-state index in [-0.39, 0.29) is 33.3 Å². The highest BCUT2D eigenvalue weighted by atomic mass is 35.5. The average Bonchev–Trinajstić information content (AvgIpc) is 3.29. The first kappa shape index (κ1) is 18.2. The third-order valence-corrected chi connectivity index (χ3v) is 4.26. The molecular weight excluding hydrogens is 400 g/mol. The lowest BCUT2D eigenvalue weighted by Crippen LogP contribution is -2.14. The van der Waals surface area contributed by atoms with Gasteiger partial charge in [0.2, 0.25) is 0 Å². The second-order valence-electron chi connectivity index (χ2n) is 5.70. The molecule has 0 aliphatic rings. The predicted molar refractivity (Wildman–Crippen MR) is 92.3 cm³/mol. The molecule has 0 spiro atoms. The van der Waals surface area contributed by atoms with Gasteiger partial charge < -0.3 is 4.52 Å². The number of hydrogen-bond acceptors (Lipinski definition) is 4. The van der Waals surface area contributed by atoms with Crippen LogP contribution in [0.3, 0.4) is 0 Å². The molecule has 0 N–H and O–H groups in total. The number of nitrogens with zero attached hydrogens (tertiary/aromatic N) is 4. The number of para-hydroxylation sites is 1. The normalized spacial score (nSPS) is 11.8. The van der Waals surface area contributed by atoms with Crippen molar-refractivity contribution in [3.8, 4) is 28.3 Å². The molecule has 0 saturated heterocycles. The Balaban J connectivity index is 1.86. The molecular formula is C18H9ClF4N4O. The third-order valence-electron chi connectivity index (χ3n) is 3.94. The van der Waals surface area contributed by atoms with Crippen molar-refractivity contribution in [2.24, 2.45) is 0 Å². The van der Waals surface area contributed by atoms with E-state index in [9.17, 15) is 17.6 Å². The highest BCUT2D eigenvalue weighted by molar-refractivity contribution is 6.32. The minimum Gasteiger partial charge on any atom is -0.356 e. The van der Waals surface area contributed by atoms with Crippen molar-refractivity contribution >= 4 is 11.6 Å². The SMILES string of the molecule is Fc1cnccc1-c1cc(-c2cnn(-c3ccccc3Cl)c2C(F)(F)F)on1. The molecule has 3 aromatic heterocycles. The van der Waals surface area contributed by atoms with Gasteiger partial charge in [-0.25, -0.2) is 9.07 Å². The van der Waals surface area contributed by atoms with E-state index < -0.39 is 17.7 Å². The lowest BCUT2D eigenvalue weighted by molar-refractivity contribution is -0.142. The van der Waals surface area contributed by atoms with Crippen LogP contribution in [0.2, 0.25) is 5.02 Å². The van der Waals surface area contributed by atoms with E-state index in [0.29, 0.717) is 4.68 Å². The highest BCUT2D eigenvalue weighted by Crippen LogP contribution is 2.40. The first-order valence-electron chi connectivity index (χ1n) is 7.83. The summed E-state index contributed by atoms with van der Waals surface area (Å²) in [5.74, 6) is -0.887. The van der Waals surface area contributed by atoms with Crippen LogP contribution in [-0.2, 0) is 6.18 Å². The van der Waals surface area contributed by atoms with E-state index in [2.05, 4.69) is 15.2 Å². The van der Waals surface area contributed by atoms with Gasteiger partial charge in [0.15, 0.2) is 17.3 Å². The topological polar surface area (TPSA) is 56.7 Å². The zero-order chi connectivity index (χ0) is 19.9. The minimum absolute atomic E-state index is 0.0357. The van der Waals surface area contributed by atoms with E-state index in [0.717, 1.165) is 12.4 Å². The van der Waals surface area contributed by atoms with Crippen molar-refractivity contribution in [3.05, 3.63) is 71.5 Å². The number of rotatable bonds is 3. The maximum Gasteiger partial charge on any atom is 0.434 e. The fourth-order valence-corrected chi connectivity index (χ4v) is 2.94. The summed E-state index contributed by atoms with van der Waals surface area (Å²) in [6.07, 6.45) is -1.46. The van der Waals surface area contributed by atoms with Crippen molar-refractivity contribution in [3.63, 3.8) is 0 Å². The maximum absolute atomic E-state index is 13.9. The van der Waals surface area contributed by atoms with Gasteiger partial charge in [0.25, 0.3) is 0 Å². The van der Waals surface area contributed by atoms with Crippen LogP contribution in [0.5, 0.6) is 0 Å². The number of alkyl halides is 3. The van der Waals surface area contributed by atoms with Gasteiger partial charge in [0, 0.05) is 17.8 Å². The molecule has 0 aliphatic heterocycles. The molecule has 0 unspecified atom stereocenters. The van der Waals surface area contributed by atoms with Crippen LogP contribution in [0.15, 0.2) is 59.5 Å². The van der Waals surface area contributed by atoms with Gasteiger partial charge in [-0.2, -0.15) is 18.3 Å². The standard InChI is InChI=1S/C18H9ClF4N4O/c19-12-3-1-2-4-15(12)27-17(18(21,22)23)11(8-25-27)16-7-14(26-28-16)10-5-6-24-9-13(10)20/h1-9H. The van der Waals surface area contributed by atoms with Crippen molar-refractivity contribution in [2.75, 3.05) is 0 Å². The summed E-state index contributed by atoms with van der Waals surface area (Å²) >= 11 is 6.03. The summed E-state index contributed by atoms with van der Waals surface area (Å²) in [6, 6.07) is 8.55. The average molecular weight is 409 g/mol. The first-order chi connectivity index (χ1) is 13.4. The summed E-state index contributed by atoms with van der Waals surface area (Å²) in [5, 5.41) is 7.60. The smallest absolute Gasteiger partial charge is 0.356 e. The fourth-order valence-electron chi connectivity index (χ4n) is 2.72. The number of pyridine rings is 1. The monoisotopic (exact) mass is 408 g/mol. The van der Waals surface area contributed by atoms with Gasteiger partial charge in [0.05, 0.1) is 28.7 Å². The van der Waals surface area contributed by atoms with Crippen molar-refractivity contribution in [1.82, 2.24) is 19.9 Å². The first-order valence-corrected chi connectivity index (χ1v) is 8.21. The van der Waals surface area contributed by atoms with Crippen molar-refractivity contribution in [2.45, 2.75) is 6.18 Å². The number of benzene rings is 1. The van der Waals surface area contributed by atoms with Gasteiger partial charge in [-0.05, 0) is 18.2 Å². The molecule has 0 atom stereocenters. The van der Waals surface area contributed by atoms with Crippen LogP contribution in [-0.4, -0.2) is 19.9 Å². The molecule has 1 aromatic carbocycles. The summed E-state index contributed by atoms with van der Waals surface area (Å²) < 4.78 is 61.0. The van der Waals surface area contributed by atoms with Crippen LogP contribution in [0, 0.1) is 5.82 Å². The Hall–Kier alpha value is -3.20. The second kappa shape index (κ2) is 6.75. The number of hydrogen-bond donors (Lipinski definition) is 0. The van der Waals surface area contributed by atoms with Crippen LogP contribution >= 0.6 is 11.6 Å². The van der Waals surface area contributed by atoms with Crippen molar-refractivity contribution < 1.29 is 22.1 Å². The predicted octanol–water partition coefficient (Wildman–Crippen LogP) is 5.40. The van der Waals surface area contributed by atoms with E-state index in [1.165, 1.54) is 30.5 Å². The molecule has 10 heteroatoms. The molecule has 0 bridgehead atoms. The Bertz CT molecular complexity index is 1150. The van der Waals surface area contributed by atoms with Crippen LogP contribution < -0.4 is 0 Å². The molecule has 0 amide bonds. The Morgan fingerprint density at radius 3 is 2.54 bits per heavy atom. The van der Waals surface area contributed by atoms with Gasteiger partial charge in [-0.3, -0.25) is 4.98 Å². The Morgan fingerprint density at radius 2 is 1.82 bits per heavy atom. The second-order valence-corrected chi connectivity index (χ2v) is 6.11. The molecule has 142 valence electrons. The molecule has 28 heavy (non-hydrogen) atoms. The van der Waals surface area contributed by atoms with E-state index in [4.69, 9.17) is 16.1 Å². The maximum atomic E-state index is 13.9. The highest BCUT2D eigenvalue weighted by Gasteiger charge is 2.40. The fraction of sp³-hybridized carbons (Fsp3) is 0.0556. The molecule has 5 nitrogen and oxygen atoms in total. The van der Waals surface area contributed by atoms with Crippen LogP contribution in [0.4, 0.5) is 17.6 Å². The van der Waals surface area contributed by atoms with Gasteiger partial charge >= 0.3 is 6.18 Å². The Labute approximate surface area is 160 Å². The number of halogens is 5. The quantitative estimate of drug-likeness (QED) is 0.426. The Kier molecular flexibility index (Phi) is 4.38. The van der Waals surface area contributed by atoms with Crippen molar-refractivity contribution in [1.29, 1.82) is 0 Å². The zero-order valence-corrected chi connectivity index (χ0v) is 14.5. The summed E-state index contributed by atoms with van der Waals surface area (Å²) in [5.41, 5.74) is -1.28. The number of aromatic nitrogens is 4. The molecule has 0 aliphatic carbocycles. The molecule has 4 aromatic rings. The van der Waals surface area contributed by atoms with Crippen LogP contribution in [0.1, 0.15) is 5.69 Å². The largest absolute Gasteiger partial charge is 0.434 e. The third kappa shape index (κ3) is 3.13. The molecule has 3 heterocycles. The zero-order valence-electron chi connectivity index (χ0n) is 13.8. The molecule has 0 fully saturated rings.